The van der Waals surface area contributed by atoms with E-state index >= 15 is 0 Å². The summed E-state index contributed by atoms with van der Waals surface area (Å²) in [5.41, 5.74) is 4.97. The molecule has 6 rings (SSSR count). The van der Waals surface area contributed by atoms with Crippen LogP contribution in [0.25, 0.3) is 17.2 Å². The second-order valence-electron chi connectivity index (χ2n) is 18.6. The smallest absolute Gasteiger partial charge is 0.412 e. The van der Waals surface area contributed by atoms with E-state index < -0.39 is 17.3 Å². The molecule has 0 radical (unpaired) electrons. The summed E-state index contributed by atoms with van der Waals surface area (Å²) in [4.78, 5) is 54.7. The van der Waals surface area contributed by atoms with Crippen LogP contribution in [0.4, 0.5) is 20.1 Å². The van der Waals surface area contributed by atoms with Crippen LogP contribution in [-0.2, 0) is 27.1 Å². The zero-order valence-electron chi connectivity index (χ0n) is 39.7. The van der Waals surface area contributed by atoms with Gasteiger partial charge in [-0.15, -0.1) is 0 Å². The number of hydrogen-bond donors (Lipinski definition) is 2. The molecule has 3 aliphatic rings. The molecule has 0 aromatic heterocycles. The van der Waals surface area contributed by atoms with Crippen molar-refractivity contribution in [1.82, 2.24) is 20.0 Å². The fourth-order valence-corrected chi connectivity index (χ4v) is 7.06. The number of alkyl halides is 3. The Kier molecular flexibility index (Phi) is 23.2. The summed E-state index contributed by atoms with van der Waals surface area (Å²) >= 11 is 9.82. The van der Waals surface area contributed by atoms with Crippen LogP contribution in [0.2, 0.25) is 0 Å². The Bertz CT molecular complexity index is 2000. The maximum Gasteiger partial charge on any atom is 0.412 e. The topological polar surface area (TPSA) is 130 Å². The van der Waals surface area contributed by atoms with Crippen LogP contribution in [0, 0.1) is 0 Å². The predicted molar refractivity (Wildman–Crippen MR) is 275 cm³/mol. The Morgan fingerprint density at radius 1 is 0.646 bits per heavy atom. The highest BCUT2D eigenvalue weighted by Gasteiger charge is 2.26. The summed E-state index contributed by atoms with van der Waals surface area (Å²) in [6.45, 7) is 24.4. The summed E-state index contributed by atoms with van der Waals surface area (Å²) in [6, 6.07) is 21.6. The first-order valence-corrected chi connectivity index (χ1v) is 25.6. The minimum atomic E-state index is -0.609. The number of fused-ring (bicyclic) bond motifs is 1. The molecule has 12 nitrogen and oxygen atoms in total. The Balaban J connectivity index is 0.000000282. The number of halogens is 3. The van der Waals surface area contributed by atoms with E-state index in [-0.39, 0.29) is 30.0 Å². The third-order valence-electron chi connectivity index (χ3n) is 9.57. The van der Waals surface area contributed by atoms with E-state index in [4.69, 9.17) is 14.2 Å². The molecule has 2 saturated heterocycles. The van der Waals surface area contributed by atoms with Gasteiger partial charge in [0.15, 0.2) is 5.78 Å². The van der Waals surface area contributed by atoms with Crippen molar-refractivity contribution in [2.45, 2.75) is 92.0 Å². The largest absolute Gasteiger partial charge is 0.444 e. The first kappa shape index (κ1) is 55.6. The number of rotatable bonds is 8. The van der Waals surface area contributed by atoms with Crippen molar-refractivity contribution < 1.29 is 33.4 Å². The number of benzene rings is 3. The number of hydrogen-bond acceptors (Lipinski definition) is 9. The summed E-state index contributed by atoms with van der Waals surface area (Å²) in [5, 5.41) is 9.09. The van der Waals surface area contributed by atoms with Crippen molar-refractivity contribution in [2.75, 3.05) is 80.2 Å². The third-order valence-corrected chi connectivity index (χ3v) is 11.8. The molecule has 3 aromatic rings. The summed E-state index contributed by atoms with van der Waals surface area (Å²) < 4.78 is 16.0. The van der Waals surface area contributed by atoms with Crippen LogP contribution in [0.1, 0.15) is 89.4 Å². The van der Waals surface area contributed by atoms with Crippen molar-refractivity contribution in [3.8, 4) is 11.1 Å². The van der Waals surface area contributed by atoms with Crippen LogP contribution < -0.4 is 10.6 Å². The minimum absolute atomic E-state index is 0.00514. The molecular formula is C50H70Br3N5O7. The van der Waals surface area contributed by atoms with Crippen molar-refractivity contribution >= 4 is 83.6 Å². The average Bonchev–Trinajstić information content (AvgIpc) is 3.72. The number of amides is 3. The van der Waals surface area contributed by atoms with Crippen molar-refractivity contribution in [3.05, 3.63) is 95.1 Å². The third kappa shape index (κ3) is 21.6. The van der Waals surface area contributed by atoms with Crippen LogP contribution in [-0.4, -0.2) is 130 Å². The number of ketones is 1. The highest BCUT2D eigenvalue weighted by molar-refractivity contribution is 9.12. The van der Waals surface area contributed by atoms with Crippen molar-refractivity contribution in [2.24, 2.45) is 0 Å². The van der Waals surface area contributed by atoms with Gasteiger partial charge in [0, 0.05) is 92.6 Å². The molecule has 2 heterocycles. The van der Waals surface area contributed by atoms with Gasteiger partial charge in [0.05, 0.1) is 0 Å². The van der Waals surface area contributed by atoms with Gasteiger partial charge >= 0.3 is 18.3 Å². The van der Waals surface area contributed by atoms with Gasteiger partial charge in [-0.3, -0.25) is 15.0 Å². The number of carbonyl (C=O) groups excluding carboxylic acids is 4. The molecule has 0 spiro atoms. The molecule has 1 aliphatic carbocycles. The molecule has 15 heteroatoms. The van der Waals surface area contributed by atoms with Crippen molar-refractivity contribution in [3.63, 3.8) is 0 Å². The number of nitrogens with zero attached hydrogens (tertiary/aromatic N) is 3. The fourth-order valence-electron chi connectivity index (χ4n) is 6.56. The van der Waals surface area contributed by atoms with E-state index in [0.717, 1.165) is 104 Å². The second-order valence-corrected chi connectivity index (χ2v) is 21.0. The van der Waals surface area contributed by atoms with Crippen LogP contribution in [0.15, 0.2) is 72.8 Å². The van der Waals surface area contributed by atoms with E-state index in [1.54, 1.807) is 9.80 Å². The van der Waals surface area contributed by atoms with Crippen LogP contribution in [0.5, 0.6) is 0 Å². The monoisotopic (exact) mass is 1090 g/mol. The lowest BCUT2D eigenvalue weighted by Gasteiger charge is -2.35. The minimum Gasteiger partial charge on any atom is -0.444 e. The van der Waals surface area contributed by atoms with Gasteiger partial charge in [-0.25, -0.2) is 14.4 Å². The number of anilines is 1. The molecule has 3 aromatic carbocycles. The molecule has 0 bridgehead atoms. The Labute approximate surface area is 413 Å². The zero-order valence-corrected chi connectivity index (χ0v) is 44.5. The molecule has 2 fully saturated rings. The molecule has 65 heavy (non-hydrogen) atoms. The lowest BCUT2D eigenvalue weighted by Crippen LogP contribution is -2.50. The summed E-state index contributed by atoms with van der Waals surface area (Å²) in [6.07, 6.45) is 4.31. The molecule has 0 unspecified atom stereocenters. The van der Waals surface area contributed by atoms with Gasteiger partial charge in [-0.1, -0.05) is 108 Å². The van der Waals surface area contributed by atoms with Crippen molar-refractivity contribution in [1.29, 1.82) is 0 Å². The van der Waals surface area contributed by atoms with Gasteiger partial charge in [-0.05, 0) is 115 Å². The van der Waals surface area contributed by atoms with E-state index in [1.165, 1.54) is 5.56 Å². The van der Waals surface area contributed by atoms with E-state index in [1.807, 2.05) is 129 Å². The predicted octanol–water partition coefficient (Wildman–Crippen LogP) is 11.2. The number of carbonyl (C=O) groups is 4. The first-order valence-electron chi connectivity index (χ1n) is 22.2. The maximum absolute atomic E-state index is 13.2. The number of ether oxygens (including phenoxy) is 3. The quantitative estimate of drug-likeness (QED) is 0.129. The number of Topliss-reactive ketones (excluding diaryl/α,β-unsaturated/α-hetero) is 1. The molecule has 0 atom stereocenters. The summed E-state index contributed by atoms with van der Waals surface area (Å²) in [7, 11) is 0. The lowest BCUT2D eigenvalue weighted by molar-refractivity contribution is 0.0149. The fraction of sp³-hybridized carbons (Fsp3) is 0.520. The number of allylic oxidation sites excluding steroid dienone is 1. The van der Waals surface area contributed by atoms with E-state index in [2.05, 4.69) is 75.5 Å². The normalized spacial score (nSPS) is 14.8. The van der Waals surface area contributed by atoms with Crippen LogP contribution >= 0.6 is 47.8 Å². The summed E-state index contributed by atoms with van der Waals surface area (Å²) in [5.74, 6) is 0.00514. The van der Waals surface area contributed by atoms with Gasteiger partial charge in [0.1, 0.15) is 16.8 Å². The molecule has 2 aliphatic heterocycles. The molecule has 358 valence electrons. The molecule has 0 saturated carbocycles. The Hall–Kier alpha value is -3.76. The zero-order chi connectivity index (χ0) is 48.2. The maximum atomic E-state index is 13.2. The van der Waals surface area contributed by atoms with Crippen LogP contribution in [0.3, 0.4) is 0 Å². The van der Waals surface area contributed by atoms with E-state index in [9.17, 15) is 19.2 Å². The highest BCUT2D eigenvalue weighted by atomic mass is 79.9. The van der Waals surface area contributed by atoms with Gasteiger partial charge in [0.25, 0.3) is 0 Å². The van der Waals surface area contributed by atoms with Gasteiger partial charge in [-0.2, -0.15) is 0 Å². The van der Waals surface area contributed by atoms with E-state index in [0.29, 0.717) is 11.3 Å². The Morgan fingerprint density at radius 2 is 1.22 bits per heavy atom. The van der Waals surface area contributed by atoms with Gasteiger partial charge in [0.2, 0.25) is 0 Å². The molecule has 3 amide bonds. The number of piperazine rings is 2. The first-order chi connectivity index (χ1) is 30.6. The molecular weight excluding hydrogens is 1020 g/mol. The average molecular weight is 1090 g/mol. The van der Waals surface area contributed by atoms with Gasteiger partial charge < -0.3 is 29.3 Å². The highest BCUT2D eigenvalue weighted by Crippen LogP contribution is 2.28. The Morgan fingerprint density at radius 3 is 1.75 bits per heavy atom. The number of nitrogens with one attached hydrogen (secondary N) is 2. The lowest BCUT2D eigenvalue weighted by atomic mass is 9.95. The molecule has 2 N–H and O–H groups in total. The second kappa shape index (κ2) is 27.2. The SMILES string of the molecule is BrCCBr.CC(C)(C)OC(=O)N1CCN(CCBr)CC1.CC(C)(C)OC(=O)N1CCNCC1.CC(C)(C)OC(=O)Nc1ccc(-c2ccccc2)cc1CC(=O)c1ccc2c(c1)C=CC2. The standard InChI is InChI=1S/C28H27NO3.C11H21BrN2O2.C9H18N2O2.C2H4Br2/c1-28(2,3)32-27(31)29-25-15-14-22(19-8-5-4-6-9-19)17-24(25)18-26(30)23-13-12-20-10-7-11-21(20)16-23;1-11(2,3)16-10(15)14-8-6-13(5-4-12)7-9-14;1-9(2,3)13-8(12)11-6-4-10-5-7-11;3-1-2-4/h4-9,11-17H,10,18H2,1-3H3,(H,29,31);4-9H2,1-3H3;10H,4-7H2,1-3H3;1-2H2.